The van der Waals surface area contributed by atoms with Crippen molar-refractivity contribution in [3.63, 3.8) is 0 Å². The molecule has 5 nitrogen and oxygen atoms in total. The zero-order valence-electron chi connectivity index (χ0n) is 15.5. The van der Waals surface area contributed by atoms with Crippen LogP contribution in [0, 0.1) is 5.92 Å². The second-order valence-corrected chi connectivity index (χ2v) is 8.95. The summed E-state index contributed by atoms with van der Waals surface area (Å²) in [5.74, 6) is 0.424. The smallest absolute Gasteiger partial charge is 0.333 e. The number of nitrogens with one attached hydrogen (secondary N) is 3. The van der Waals surface area contributed by atoms with Crippen molar-refractivity contribution < 1.29 is 9.59 Å². The van der Waals surface area contributed by atoms with Gasteiger partial charge in [-0.3, -0.25) is 10.2 Å². The summed E-state index contributed by atoms with van der Waals surface area (Å²) in [6, 6.07) is 11.9. The van der Waals surface area contributed by atoms with E-state index in [0.29, 0.717) is 17.3 Å². The molecule has 2 aromatic rings. The average Bonchev–Trinajstić information content (AvgIpc) is 3.37. The zero-order valence-corrected chi connectivity index (χ0v) is 16.3. The van der Waals surface area contributed by atoms with E-state index in [9.17, 15) is 9.59 Å². The summed E-state index contributed by atoms with van der Waals surface area (Å²) in [6.45, 7) is 2.82. The van der Waals surface area contributed by atoms with Gasteiger partial charge >= 0.3 is 6.03 Å². The molecule has 1 atom stereocenters. The maximum Gasteiger partial charge on any atom is 0.333 e. The predicted molar refractivity (Wildman–Crippen MR) is 107 cm³/mol. The highest BCUT2D eigenvalue weighted by molar-refractivity contribution is 7.14. The average molecular weight is 384 g/mol. The Hall–Kier alpha value is -2.34. The van der Waals surface area contributed by atoms with Crippen LogP contribution in [0.25, 0.3) is 0 Å². The van der Waals surface area contributed by atoms with Crippen molar-refractivity contribution in [2.75, 3.05) is 6.54 Å². The summed E-state index contributed by atoms with van der Waals surface area (Å²) >= 11 is 1.54. The topological polar surface area (TPSA) is 70.2 Å². The molecule has 1 aromatic carbocycles. The first-order chi connectivity index (χ1) is 13.1. The Bertz CT molecular complexity index is 842. The van der Waals surface area contributed by atoms with Crippen molar-refractivity contribution in [1.29, 1.82) is 0 Å². The standard InChI is InChI=1S/C21H25N3O2S/c1-14-7-8-17-15(11-14)12-18(27-17)19(25)23-24-20(26)22-13-21(9-10-21)16-5-3-2-4-6-16/h2-6,12,14H,7-11,13H2,1H3,(H,23,25)(H2,22,24,26). The highest BCUT2D eigenvalue weighted by Crippen LogP contribution is 2.47. The molecule has 1 unspecified atom stereocenters. The molecule has 0 bridgehead atoms. The van der Waals surface area contributed by atoms with Crippen LogP contribution in [0.2, 0.25) is 0 Å². The first-order valence-corrected chi connectivity index (χ1v) is 10.4. The molecule has 1 aromatic heterocycles. The van der Waals surface area contributed by atoms with Gasteiger partial charge in [-0.05, 0) is 55.2 Å². The van der Waals surface area contributed by atoms with Crippen molar-refractivity contribution in [3.05, 3.63) is 57.3 Å². The van der Waals surface area contributed by atoms with Gasteiger partial charge in [-0.25, -0.2) is 10.2 Å². The van der Waals surface area contributed by atoms with Crippen LogP contribution in [0.4, 0.5) is 4.79 Å². The van der Waals surface area contributed by atoms with Crippen LogP contribution < -0.4 is 16.2 Å². The summed E-state index contributed by atoms with van der Waals surface area (Å²) < 4.78 is 0. The molecule has 0 saturated heterocycles. The summed E-state index contributed by atoms with van der Waals surface area (Å²) in [5, 5.41) is 2.88. The number of hydrazine groups is 1. The fourth-order valence-electron chi connectivity index (χ4n) is 3.80. The number of fused-ring (bicyclic) bond motifs is 1. The van der Waals surface area contributed by atoms with Gasteiger partial charge in [0.2, 0.25) is 0 Å². The Balaban J connectivity index is 1.27. The fraction of sp³-hybridized carbons (Fsp3) is 0.429. The lowest BCUT2D eigenvalue weighted by Gasteiger charge is -2.17. The van der Waals surface area contributed by atoms with Crippen molar-refractivity contribution in [2.24, 2.45) is 5.92 Å². The minimum absolute atomic E-state index is 0.0477. The van der Waals surface area contributed by atoms with E-state index in [-0.39, 0.29) is 17.4 Å². The Morgan fingerprint density at radius 1 is 1.19 bits per heavy atom. The van der Waals surface area contributed by atoms with Gasteiger partial charge in [0.15, 0.2) is 0 Å². The van der Waals surface area contributed by atoms with E-state index in [2.05, 4.69) is 35.2 Å². The van der Waals surface area contributed by atoms with E-state index in [4.69, 9.17) is 0 Å². The van der Waals surface area contributed by atoms with Crippen molar-refractivity contribution in [1.82, 2.24) is 16.2 Å². The van der Waals surface area contributed by atoms with Crippen LogP contribution in [0.1, 0.15) is 51.9 Å². The molecule has 142 valence electrons. The number of amides is 3. The van der Waals surface area contributed by atoms with Crippen LogP contribution >= 0.6 is 11.3 Å². The van der Waals surface area contributed by atoms with E-state index in [1.165, 1.54) is 33.8 Å². The van der Waals surface area contributed by atoms with Crippen LogP contribution in [0.5, 0.6) is 0 Å². The molecule has 1 saturated carbocycles. The second kappa shape index (κ2) is 7.35. The molecule has 3 N–H and O–H groups in total. The number of aryl methyl sites for hydroxylation is 1. The lowest BCUT2D eigenvalue weighted by atomic mass is 9.90. The van der Waals surface area contributed by atoms with Gasteiger partial charge in [-0.1, -0.05) is 37.3 Å². The Morgan fingerprint density at radius 3 is 2.70 bits per heavy atom. The van der Waals surface area contributed by atoms with E-state index in [1.54, 1.807) is 0 Å². The Kier molecular flexibility index (Phi) is 4.91. The number of thiophene rings is 1. The number of rotatable bonds is 4. The third-order valence-corrected chi connectivity index (χ3v) is 6.91. The Labute approximate surface area is 163 Å². The highest BCUT2D eigenvalue weighted by Gasteiger charge is 2.44. The fourth-order valence-corrected chi connectivity index (χ4v) is 4.90. The zero-order chi connectivity index (χ0) is 18.9. The van der Waals surface area contributed by atoms with E-state index < -0.39 is 0 Å². The molecule has 3 amide bonds. The third kappa shape index (κ3) is 4.00. The first-order valence-electron chi connectivity index (χ1n) is 9.57. The van der Waals surface area contributed by atoms with Gasteiger partial charge in [-0.2, -0.15) is 0 Å². The molecule has 1 heterocycles. The number of benzene rings is 1. The monoisotopic (exact) mass is 383 g/mol. The number of hydrogen-bond acceptors (Lipinski definition) is 3. The lowest BCUT2D eigenvalue weighted by molar-refractivity contribution is 0.0940. The normalized spacial score (nSPS) is 19.7. The van der Waals surface area contributed by atoms with Gasteiger partial charge in [0.25, 0.3) is 5.91 Å². The first kappa shape index (κ1) is 18.0. The summed E-state index contributed by atoms with van der Waals surface area (Å²) in [4.78, 5) is 26.4. The SMILES string of the molecule is CC1CCc2sc(C(=O)NNC(=O)NCC3(c4ccccc4)CC3)cc2C1. The van der Waals surface area contributed by atoms with Gasteiger partial charge < -0.3 is 5.32 Å². The number of hydrogen-bond donors (Lipinski definition) is 3. The Morgan fingerprint density at radius 2 is 1.96 bits per heavy atom. The summed E-state index contributed by atoms with van der Waals surface area (Å²) in [6.07, 6.45) is 5.41. The highest BCUT2D eigenvalue weighted by atomic mass is 32.1. The molecular formula is C21H25N3O2S. The predicted octanol–water partition coefficient (Wildman–Crippen LogP) is 3.55. The van der Waals surface area contributed by atoms with Gasteiger partial charge in [-0.15, -0.1) is 11.3 Å². The second-order valence-electron chi connectivity index (χ2n) is 7.82. The molecular weight excluding hydrogens is 358 g/mol. The van der Waals surface area contributed by atoms with Crippen molar-refractivity contribution in [3.8, 4) is 0 Å². The van der Waals surface area contributed by atoms with Crippen molar-refractivity contribution in [2.45, 2.75) is 44.4 Å². The summed E-state index contributed by atoms with van der Waals surface area (Å²) in [7, 11) is 0. The molecule has 27 heavy (non-hydrogen) atoms. The molecule has 2 aliphatic carbocycles. The lowest BCUT2D eigenvalue weighted by Crippen LogP contribution is -2.48. The number of carbonyl (C=O) groups excluding carboxylic acids is 2. The quantitative estimate of drug-likeness (QED) is 0.707. The van der Waals surface area contributed by atoms with Crippen molar-refractivity contribution >= 4 is 23.3 Å². The molecule has 0 spiro atoms. The van der Waals surface area contributed by atoms with E-state index in [0.717, 1.165) is 25.7 Å². The molecule has 6 heteroatoms. The maximum atomic E-state index is 12.3. The van der Waals surface area contributed by atoms with E-state index >= 15 is 0 Å². The van der Waals surface area contributed by atoms with E-state index in [1.807, 2.05) is 24.3 Å². The minimum atomic E-state index is -0.375. The molecule has 0 aliphatic heterocycles. The largest absolute Gasteiger partial charge is 0.336 e. The molecule has 2 aliphatic rings. The van der Waals surface area contributed by atoms with Crippen LogP contribution in [-0.4, -0.2) is 18.5 Å². The van der Waals surface area contributed by atoms with Crippen LogP contribution in [0.3, 0.4) is 0 Å². The van der Waals surface area contributed by atoms with Gasteiger partial charge in [0.1, 0.15) is 0 Å². The third-order valence-electron chi connectivity index (χ3n) is 5.67. The van der Waals surface area contributed by atoms with Gasteiger partial charge in [0, 0.05) is 16.8 Å². The number of urea groups is 1. The molecule has 1 fully saturated rings. The number of carbonyl (C=O) groups is 2. The maximum absolute atomic E-state index is 12.3. The minimum Gasteiger partial charge on any atom is -0.336 e. The van der Waals surface area contributed by atoms with Crippen LogP contribution in [0.15, 0.2) is 36.4 Å². The van der Waals surface area contributed by atoms with Gasteiger partial charge in [0.05, 0.1) is 4.88 Å². The van der Waals surface area contributed by atoms with Crippen LogP contribution in [-0.2, 0) is 18.3 Å². The summed E-state index contributed by atoms with van der Waals surface area (Å²) in [5.41, 5.74) is 7.59. The molecule has 0 radical (unpaired) electrons. The molecule has 4 rings (SSSR count).